The first-order valence-electron chi connectivity index (χ1n) is 13.3. The van der Waals surface area contributed by atoms with Crippen LogP contribution in [-0.2, 0) is 26.2 Å². The largest absolute Gasteiger partial charge is 0.492 e. The first-order chi connectivity index (χ1) is 18.8. The van der Waals surface area contributed by atoms with E-state index in [0.717, 1.165) is 15.4 Å². The molecule has 2 amide bonds. The summed E-state index contributed by atoms with van der Waals surface area (Å²) in [4.78, 5) is 28.7. The van der Waals surface area contributed by atoms with Crippen molar-refractivity contribution < 1.29 is 22.7 Å². The number of sulfonamides is 1. The average molecular weight is 566 g/mol. The molecule has 3 aromatic rings. The van der Waals surface area contributed by atoms with Gasteiger partial charge in [-0.1, -0.05) is 60.2 Å². The van der Waals surface area contributed by atoms with Crippen molar-refractivity contribution in [1.29, 1.82) is 0 Å². The number of amides is 2. The van der Waals surface area contributed by atoms with Crippen molar-refractivity contribution in [3.8, 4) is 5.75 Å². The Balaban J connectivity index is 2.07. The van der Waals surface area contributed by atoms with Crippen molar-refractivity contribution in [1.82, 2.24) is 10.2 Å². The Morgan fingerprint density at radius 3 is 2.12 bits per heavy atom. The molecular weight excluding hydrogens is 526 g/mol. The molecule has 0 bridgehead atoms. The number of carbonyl (C=O) groups is 2. The van der Waals surface area contributed by atoms with Crippen LogP contribution in [0.15, 0.2) is 83.8 Å². The standard InChI is InChI=1S/C31H39N3O5S/c1-7-39-28-16-12-11-15-27(28)34(40(37,38)26-13-9-8-10-14-26)22-29(35)33(21-25-19-17-23(2)18-20-25)24(3)30(36)32-31(4,5)6/h8-20,24H,7,21-22H2,1-6H3,(H,32,36)/t24-/m0/s1. The number of rotatable bonds is 11. The Morgan fingerprint density at radius 2 is 1.52 bits per heavy atom. The molecule has 0 unspecified atom stereocenters. The van der Waals surface area contributed by atoms with Crippen LogP contribution in [0.3, 0.4) is 0 Å². The van der Waals surface area contributed by atoms with Crippen LogP contribution in [0.5, 0.6) is 5.75 Å². The molecule has 0 aliphatic heterocycles. The van der Waals surface area contributed by atoms with Crippen molar-refractivity contribution >= 4 is 27.5 Å². The highest BCUT2D eigenvalue weighted by Crippen LogP contribution is 2.33. The highest BCUT2D eigenvalue weighted by molar-refractivity contribution is 7.92. The molecule has 0 aromatic heterocycles. The lowest BCUT2D eigenvalue weighted by molar-refractivity contribution is -0.140. The van der Waals surface area contributed by atoms with E-state index < -0.39 is 34.1 Å². The van der Waals surface area contributed by atoms with E-state index in [1.54, 1.807) is 56.3 Å². The van der Waals surface area contributed by atoms with E-state index in [1.807, 2.05) is 52.0 Å². The van der Waals surface area contributed by atoms with Crippen molar-refractivity contribution in [2.75, 3.05) is 17.5 Å². The smallest absolute Gasteiger partial charge is 0.264 e. The fourth-order valence-electron chi connectivity index (χ4n) is 4.12. The van der Waals surface area contributed by atoms with Gasteiger partial charge in [0.25, 0.3) is 10.0 Å². The lowest BCUT2D eigenvalue weighted by atomic mass is 10.1. The molecule has 0 radical (unpaired) electrons. The second kappa shape index (κ2) is 13.0. The van der Waals surface area contributed by atoms with Gasteiger partial charge in [-0.25, -0.2) is 8.42 Å². The molecule has 0 aliphatic rings. The third kappa shape index (κ3) is 7.85. The lowest BCUT2D eigenvalue weighted by Crippen LogP contribution is -2.54. The molecule has 9 heteroatoms. The summed E-state index contributed by atoms with van der Waals surface area (Å²) in [5.41, 5.74) is 1.61. The molecule has 3 rings (SSSR count). The van der Waals surface area contributed by atoms with Gasteiger partial charge < -0.3 is 15.0 Å². The Morgan fingerprint density at radius 1 is 0.925 bits per heavy atom. The number of hydrogen-bond donors (Lipinski definition) is 1. The molecular formula is C31H39N3O5S. The highest BCUT2D eigenvalue weighted by Gasteiger charge is 2.34. The predicted molar refractivity (Wildman–Crippen MR) is 158 cm³/mol. The summed E-state index contributed by atoms with van der Waals surface area (Å²) in [6, 6.07) is 21.5. The van der Waals surface area contributed by atoms with Gasteiger partial charge in [-0.15, -0.1) is 0 Å². The molecule has 0 spiro atoms. The van der Waals surface area contributed by atoms with Crippen LogP contribution in [0.4, 0.5) is 5.69 Å². The van der Waals surface area contributed by atoms with E-state index in [2.05, 4.69) is 5.32 Å². The van der Waals surface area contributed by atoms with Gasteiger partial charge in [0.15, 0.2) is 0 Å². The third-order valence-electron chi connectivity index (χ3n) is 6.18. The van der Waals surface area contributed by atoms with Crippen molar-refractivity contribution in [3.63, 3.8) is 0 Å². The number of anilines is 1. The molecule has 3 aromatic carbocycles. The van der Waals surface area contributed by atoms with E-state index in [0.29, 0.717) is 12.4 Å². The Labute approximate surface area is 238 Å². The quantitative estimate of drug-likeness (QED) is 0.356. The zero-order valence-electron chi connectivity index (χ0n) is 24.0. The monoisotopic (exact) mass is 565 g/mol. The summed E-state index contributed by atoms with van der Waals surface area (Å²) in [5, 5.41) is 2.93. The Hall–Kier alpha value is -3.85. The fraction of sp³-hybridized carbons (Fsp3) is 0.355. The van der Waals surface area contributed by atoms with Crippen molar-refractivity contribution in [3.05, 3.63) is 90.0 Å². The number of para-hydroxylation sites is 2. The van der Waals surface area contributed by atoms with E-state index in [-0.39, 0.29) is 23.0 Å². The minimum atomic E-state index is -4.17. The van der Waals surface area contributed by atoms with Crippen LogP contribution in [0.1, 0.15) is 45.7 Å². The van der Waals surface area contributed by atoms with Gasteiger partial charge in [-0.05, 0) is 71.4 Å². The van der Waals surface area contributed by atoms with E-state index in [1.165, 1.54) is 17.0 Å². The third-order valence-corrected chi connectivity index (χ3v) is 7.96. The molecule has 0 aliphatic carbocycles. The fourth-order valence-corrected chi connectivity index (χ4v) is 5.57. The molecule has 0 saturated carbocycles. The Bertz CT molecular complexity index is 1400. The summed E-state index contributed by atoms with van der Waals surface area (Å²) in [5.74, 6) is -0.524. The summed E-state index contributed by atoms with van der Waals surface area (Å²) >= 11 is 0. The van der Waals surface area contributed by atoms with Crippen molar-refractivity contribution in [2.45, 2.75) is 64.6 Å². The van der Waals surface area contributed by atoms with Gasteiger partial charge in [0.2, 0.25) is 11.8 Å². The number of hydrogen-bond acceptors (Lipinski definition) is 5. The van der Waals surface area contributed by atoms with Gasteiger partial charge in [-0.3, -0.25) is 13.9 Å². The van der Waals surface area contributed by atoms with E-state index in [9.17, 15) is 18.0 Å². The van der Waals surface area contributed by atoms with Gasteiger partial charge in [0, 0.05) is 12.1 Å². The van der Waals surface area contributed by atoms with Crippen LogP contribution in [-0.4, -0.2) is 49.9 Å². The zero-order chi connectivity index (χ0) is 29.5. The maximum absolute atomic E-state index is 14.1. The number of nitrogens with one attached hydrogen (secondary N) is 1. The lowest BCUT2D eigenvalue weighted by Gasteiger charge is -2.33. The molecule has 0 fully saturated rings. The second-order valence-corrected chi connectivity index (χ2v) is 12.5. The minimum absolute atomic E-state index is 0.0395. The SMILES string of the molecule is CCOc1ccccc1N(CC(=O)N(Cc1ccc(C)cc1)[C@@H](C)C(=O)NC(C)(C)C)S(=O)(=O)c1ccccc1. The van der Waals surface area contributed by atoms with Crippen LogP contribution < -0.4 is 14.4 Å². The van der Waals surface area contributed by atoms with Crippen LogP contribution >= 0.6 is 0 Å². The first kappa shape index (κ1) is 30.7. The van der Waals surface area contributed by atoms with Crippen LogP contribution in [0.2, 0.25) is 0 Å². The predicted octanol–water partition coefficient (Wildman–Crippen LogP) is 4.92. The zero-order valence-corrected chi connectivity index (χ0v) is 24.9. The summed E-state index contributed by atoms with van der Waals surface area (Å²) in [6.45, 7) is 10.9. The molecule has 214 valence electrons. The molecule has 40 heavy (non-hydrogen) atoms. The normalized spacial score (nSPS) is 12.3. The number of benzene rings is 3. The Kier molecular flexibility index (Phi) is 9.98. The summed E-state index contributed by atoms with van der Waals surface area (Å²) in [6.07, 6.45) is 0. The van der Waals surface area contributed by atoms with E-state index in [4.69, 9.17) is 4.74 Å². The molecule has 8 nitrogen and oxygen atoms in total. The highest BCUT2D eigenvalue weighted by atomic mass is 32.2. The minimum Gasteiger partial charge on any atom is -0.492 e. The van der Waals surface area contributed by atoms with Gasteiger partial charge in [-0.2, -0.15) is 0 Å². The molecule has 0 saturated heterocycles. The van der Waals surface area contributed by atoms with Gasteiger partial charge >= 0.3 is 0 Å². The summed E-state index contributed by atoms with van der Waals surface area (Å²) < 4.78 is 34.7. The molecule has 0 heterocycles. The second-order valence-electron chi connectivity index (χ2n) is 10.6. The first-order valence-corrected chi connectivity index (χ1v) is 14.7. The number of carbonyl (C=O) groups excluding carboxylic acids is 2. The maximum atomic E-state index is 14.1. The van der Waals surface area contributed by atoms with Gasteiger partial charge in [0.1, 0.15) is 18.3 Å². The number of ether oxygens (including phenoxy) is 1. The maximum Gasteiger partial charge on any atom is 0.264 e. The topological polar surface area (TPSA) is 96.0 Å². The number of aryl methyl sites for hydroxylation is 1. The molecule has 1 N–H and O–H groups in total. The van der Waals surface area contributed by atoms with Gasteiger partial charge in [0.05, 0.1) is 17.2 Å². The average Bonchev–Trinajstić information content (AvgIpc) is 2.91. The van der Waals surface area contributed by atoms with Crippen LogP contribution in [0.25, 0.3) is 0 Å². The molecule has 1 atom stereocenters. The van der Waals surface area contributed by atoms with Crippen molar-refractivity contribution in [2.24, 2.45) is 0 Å². The summed E-state index contributed by atoms with van der Waals surface area (Å²) in [7, 11) is -4.17. The van der Waals surface area contributed by atoms with E-state index >= 15 is 0 Å². The van der Waals surface area contributed by atoms with Crippen LogP contribution in [0, 0.1) is 6.92 Å². The number of nitrogens with zero attached hydrogens (tertiary/aromatic N) is 2.